The highest BCUT2D eigenvalue weighted by molar-refractivity contribution is 5.87. The second-order valence-corrected chi connectivity index (χ2v) is 11.8. The lowest BCUT2D eigenvalue weighted by Gasteiger charge is -2.60. The molecule has 0 aromatic heterocycles. The molecule has 32 heavy (non-hydrogen) atoms. The van der Waals surface area contributed by atoms with Crippen LogP contribution in [0.15, 0.2) is 0 Å². The molecule has 4 rings (SSSR count). The van der Waals surface area contributed by atoms with E-state index in [4.69, 9.17) is 9.47 Å². The molecule has 0 saturated heterocycles. The largest absolute Gasteiger partial charge is 0.469 e. The molecular weight excluding hydrogens is 404 g/mol. The summed E-state index contributed by atoms with van der Waals surface area (Å²) >= 11 is 0. The van der Waals surface area contributed by atoms with Crippen LogP contribution in [0, 0.1) is 46.3 Å². The summed E-state index contributed by atoms with van der Waals surface area (Å²) in [6.45, 7) is 8.43. The van der Waals surface area contributed by atoms with Gasteiger partial charge >= 0.3 is 11.9 Å². The van der Waals surface area contributed by atoms with Gasteiger partial charge in [-0.3, -0.25) is 14.4 Å². The molecular formula is C27H42O5. The van der Waals surface area contributed by atoms with Gasteiger partial charge in [0.15, 0.2) is 0 Å². The molecule has 4 saturated carbocycles. The van der Waals surface area contributed by atoms with Crippen molar-refractivity contribution < 1.29 is 23.9 Å². The molecule has 9 unspecified atom stereocenters. The summed E-state index contributed by atoms with van der Waals surface area (Å²) in [5.74, 6) is 3.00. The van der Waals surface area contributed by atoms with Crippen LogP contribution < -0.4 is 0 Å². The van der Waals surface area contributed by atoms with E-state index in [0.29, 0.717) is 54.1 Å². The summed E-state index contributed by atoms with van der Waals surface area (Å²) < 4.78 is 10.4. The van der Waals surface area contributed by atoms with Gasteiger partial charge in [-0.2, -0.15) is 0 Å². The zero-order valence-corrected chi connectivity index (χ0v) is 20.7. The molecule has 0 spiro atoms. The van der Waals surface area contributed by atoms with Gasteiger partial charge in [-0.1, -0.05) is 20.8 Å². The smallest absolute Gasteiger partial charge is 0.305 e. The van der Waals surface area contributed by atoms with Gasteiger partial charge in [0, 0.05) is 25.2 Å². The van der Waals surface area contributed by atoms with Crippen molar-refractivity contribution in [2.75, 3.05) is 7.11 Å². The minimum absolute atomic E-state index is 0.0539. The molecule has 9 atom stereocenters. The Morgan fingerprint density at radius 1 is 1.09 bits per heavy atom. The van der Waals surface area contributed by atoms with Gasteiger partial charge in [-0.25, -0.2) is 0 Å². The highest BCUT2D eigenvalue weighted by atomic mass is 16.5. The Morgan fingerprint density at radius 3 is 2.53 bits per heavy atom. The summed E-state index contributed by atoms with van der Waals surface area (Å²) in [6.07, 6.45) is 9.61. The fraction of sp³-hybridized carbons (Fsp3) is 0.889. The number of carbonyl (C=O) groups is 3. The van der Waals surface area contributed by atoms with Crippen LogP contribution in [0.2, 0.25) is 0 Å². The molecule has 4 aliphatic rings. The van der Waals surface area contributed by atoms with E-state index in [1.165, 1.54) is 26.9 Å². The number of ether oxygens (including phenoxy) is 2. The molecule has 5 nitrogen and oxygen atoms in total. The van der Waals surface area contributed by atoms with Crippen molar-refractivity contribution in [2.24, 2.45) is 46.3 Å². The third kappa shape index (κ3) is 3.81. The third-order valence-corrected chi connectivity index (χ3v) is 10.6. The van der Waals surface area contributed by atoms with E-state index in [2.05, 4.69) is 20.8 Å². The fourth-order valence-corrected chi connectivity index (χ4v) is 8.86. The van der Waals surface area contributed by atoms with E-state index in [1.807, 2.05) is 0 Å². The summed E-state index contributed by atoms with van der Waals surface area (Å²) in [7, 11) is 1.45. The van der Waals surface area contributed by atoms with Gasteiger partial charge < -0.3 is 9.47 Å². The van der Waals surface area contributed by atoms with Crippen molar-refractivity contribution in [1.29, 1.82) is 0 Å². The van der Waals surface area contributed by atoms with E-state index in [-0.39, 0.29) is 28.9 Å². The van der Waals surface area contributed by atoms with E-state index >= 15 is 0 Å². The first-order valence-corrected chi connectivity index (χ1v) is 12.9. The predicted molar refractivity (Wildman–Crippen MR) is 122 cm³/mol. The SMILES string of the molecule is COC(=O)CCC(C)C1CCC2C3CCC4CC(OC(C)=O)CCC4(C)C3CC(=O)C12C. The van der Waals surface area contributed by atoms with Crippen molar-refractivity contribution in [3.8, 4) is 0 Å². The molecule has 0 aromatic rings. The normalized spacial score (nSPS) is 44.1. The number of fused-ring (bicyclic) bond motifs is 5. The monoisotopic (exact) mass is 446 g/mol. The van der Waals surface area contributed by atoms with E-state index in [9.17, 15) is 14.4 Å². The average molecular weight is 447 g/mol. The Bertz CT molecular complexity index is 761. The molecule has 180 valence electrons. The van der Waals surface area contributed by atoms with Crippen molar-refractivity contribution in [2.45, 2.75) is 98.0 Å². The number of hydrogen-bond acceptors (Lipinski definition) is 5. The van der Waals surface area contributed by atoms with E-state index < -0.39 is 0 Å². The van der Waals surface area contributed by atoms with Crippen LogP contribution in [0.4, 0.5) is 0 Å². The molecule has 4 fully saturated rings. The molecule has 0 aliphatic heterocycles. The Hall–Kier alpha value is -1.39. The highest BCUT2D eigenvalue weighted by Gasteiger charge is 2.64. The first-order valence-electron chi connectivity index (χ1n) is 12.9. The van der Waals surface area contributed by atoms with Crippen LogP contribution in [-0.2, 0) is 23.9 Å². The van der Waals surface area contributed by atoms with Gasteiger partial charge in [-0.15, -0.1) is 0 Å². The maximum Gasteiger partial charge on any atom is 0.305 e. The quantitative estimate of drug-likeness (QED) is 0.533. The van der Waals surface area contributed by atoms with Crippen LogP contribution in [0.1, 0.15) is 91.9 Å². The highest BCUT2D eigenvalue weighted by Crippen LogP contribution is 2.67. The van der Waals surface area contributed by atoms with Crippen LogP contribution in [0.5, 0.6) is 0 Å². The second kappa shape index (κ2) is 8.76. The molecule has 5 heteroatoms. The number of methoxy groups -OCH3 is 1. The Morgan fingerprint density at radius 2 is 1.84 bits per heavy atom. The lowest BCUT2D eigenvalue weighted by molar-refractivity contribution is -0.167. The van der Waals surface area contributed by atoms with E-state index in [1.54, 1.807) is 0 Å². The number of ketones is 1. The number of hydrogen-bond donors (Lipinski definition) is 0. The van der Waals surface area contributed by atoms with Crippen LogP contribution in [-0.4, -0.2) is 30.9 Å². The first-order chi connectivity index (χ1) is 15.1. The maximum absolute atomic E-state index is 13.8. The van der Waals surface area contributed by atoms with Crippen molar-refractivity contribution >= 4 is 17.7 Å². The zero-order valence-electron chi connectivity index (χ0n) is 20.7. The van der Waals surface area contributed by atoms with Crippen LogP contribution >= 0.6 is 0 Å². The van der Waals surface area contributed by atoms with Crippen molar-refractivity contribution in [1.82, 2.24) is 0 Å². The third-order valence-electron chi connectivity index (χ3n) is 10.6. The fourth-order valence-electron chi connectivity index (χ4n) is 8.86. The number of carbonyl (C=O) groups excluding carboxylic acids is 3. The standard InChI is InChI=1S/C27H42O5/c1-16(6-11-25(30)31-5)21-9-10-22-20-8-7-18-14-19(32-17(2)28)12-13-26(18,3)23(20)15-24(29)27(21,22)4/h16,18-23H,6-15H2,1-5H3. The summed E-state index contributed by atoms with van der Waals surface area (Å²) in [6, 6.07) is 0. The van der Waals surface area contributed by atoms with Gasteiger partial charge in [-0.05, 0) is 92.3 Å². The van der Waals surface area contributed by atoms with Crippen molar-refractivity contribution in [3.63, 3.8) is 0 Å². The summed E-state index contributed by atoms with van der Waals surface area (Å²) in [5.41, 5.74) is -0.0556. The van der Waals surface area contributed by atoms with Crippen molar-refractivity contribution in [3.05, 3.63) is 0 Å². The Balaban J connectivity index is 1.50. The molecule has 4 aliphatic carbocycles. The topological polar surface area (TPSA) is 69.7 Å². The maximum atomic E-state index is 13.8. The number of rotatable bonds is 5. The second-order valence-electron chi connectivity index (χ2n) is 11.8. The zero-order chi connectivity index (χ0) is 23.3. The molecule has 0 heterocycles. The van der Waals surface area contributed by atoms with E-state index in [0.717, 1.165) is 38.5 Å². The van der Waals surface area contributed by atoms with Gasteiger partial charge in [0.25, 0.3) is 0 Å². The van der Waals surface area contributed by atoms with Crippen LogP contribution in [0.25, 0.3) is 0 Å². The summed E-state index contributed by atoms with van der Waals surface area (Å²) in [4.78, 5) is 37.0. The predicted octanol–water partition coefficient (Wildman–Crippen LogP) is 5.35. The Labute approximate surface area is 193 Å². The number of esters is 2. The minimum atomic E-state index is -0.241. The molecule has 0 bridgehead atoms. The average Bonchev–Trinajstić information content (AvgIpc) is 3.11. The number of Topliss-reactive ketones (excluding diaryl/α,β-unsaturated/α-hetero) is 1. The molecule has 0 aromatic carbocycles. The first kappa shape index (κ1) is 23.8. The molecule has 0 amide bonds. The minimum Gasteiger partial charge on any atom is -0.469 e. The van der Waals surface area contributed by atoms with Gasteiger partial charge in [0.2, 0.25) is 0 Å². The Kier molecular flexibility index (Phi) is 6.50. The van der Waals surface area contributed by atoms with Crippen LogP contribution in [0.3, 0.4) is 0 Å². The van der Waals surface area contributed by atoms with Gasteiger partial charge in [0.05, 0.1) is 7.11 Å². The van der Waals surface area contributed by atoms with Gasteiger partial charge in [0.1, 0.15) is 11.9 Å². The lowest BCUT2D eigenvalue weighted by atomic mass is 9.44. The summed E-state index contributed by atoms with van der Waals surface area (Å²) in [5, 5.41) is 0. The lowest BCUT2D eigenvalue weighted by Crippen LogP contribution is -2.57. The molecule has 0 radical (unpaired) electrons. The molecule has 0 N–H and O–H groups in total.